The second-order valence-corrected chi connectivity index (χ2v) is 14.3. The summed E-state index contributed by atoms with van der Waals surface area (Å²) in [5.41, 5.74) is 6.70. The Kier molecular flexibility index (Phi) is 8.66. The number of halogens is 1. The summed E-state index contributed by atoms with van der Waals surface area (Å²) in [6.07, 6.45) is 10.2. The van der Waals surface area contributed by atoms with Gasteiger partial charge >= 0.3 is 0 Å². The van der Waals surface area contributed by atoms with Crippen LogP contribution in [0, 0.1) is 0 Å². The molecule has 44 heavy (non-hydrogen) atoms. The maximum Gasteiger partial charge on any atom is 0.229 e. The highest BCUT2D eigenvalue weighted by Crippen LogP contribution is 2.42. The van der Waals surface area contributed by atoms with E-state index in [0.717, 1.165) is 68.5 Å². The van der Waals surface area contributed by atoms with Gasteiger partial charge in [0.15, 0.2) is 0 Å². The summed E-state index contributed by atoms with van der Waals surface area (Å²) in [5, 5.41) is 12.5. The highest BCUT2D eigenvalue weighted by atomic mass is 79.9. The number of rotatable bonds is 9. The first-order chi connectivity index (χ1) is 21.2. The van der Waals surface area contributed by atoms with E-state index < -0.39 is 7.92 Å². The van der Waals surface area contributed by atoms with Crippen molar-refractivity contribution in [2.45, 2.75) is 12.5 Å². The Morgan fingerprint density at radius 3 is 2.57 bits per heavy atom. The predicted molar refractivity (Wildman–Crippen MR) is 184 cm³/mol. The van der Waals surface area contributed by atoms with Crippen LogP contribution in [0.4, 0.5) is 28.8 Å². The van der Waals surface area contributed by atoms with E-state index >= 15 is 0 Å². The molecule has 2 N–H and O–H groups in total. The molecule has 2 aromatic carbocycles. The van der Waals surface area contributed by atoms with Gasteiger partial charge in [-0.05, 0) is 68.0 Å². The van der Waals surface area contributed by atoms with Crippen molar-refractivity contribution in [1.82, 2.24) is 34.6 Å². The number of hydrogen-bond acceptors (Lipinski definition) is 10. The first kappa shape index (κ1) is 30.2. The molecule has 0 aliphatic carbocycles. The Morgan fingerprint density at radius 2 is 1.86 bits per heavy atom. The van der Waals surface area contributed by atoms with Crippen LogP contribution in [0.1, 0.15) is 6.42 Å². The van der Waals surface area contributed by atoms with Gasteiger partial charge in [0.25, 0.3) is 0 Å². The van der Waals surface area contributed by atoms with Gasteiger partial charge < -0.3 is 25.2 Å². The summed E-state index contributed by atoms with van der Waals surface area (Å²) in [6, 6.07) is 8.73. The number of nitrogens with zero attached hydrogens (tertiary/aromatic N) is 8. The van der Waals surface area contributed by atoms with Crippen molar-refractivity contribution in [1.29, 1.82) is 0 Å². The standard InChI is InChI=1S/C31H36BrN10OP/c1-40(2)20-9-12-42(18-20)26-14-27(43-4)25(13-21(26)19-15-36-41(3)17-19)38-31-35-16-22(32)30(39-31)37-24-8-7-23-28(29(24)44(5)6)34-11-10-33-23/h7-8,10-11,13-17,20H,9,12,18H2,1-6H3,(H2,35,37,38,39). The van der Waals surface area contributed by atoms with Gasteiger partial charge in [-0.2, -0.15) is 10.1 Å². The van der Waals surface area contributed by atoms with Crippen molar-refractivity contribution < 1.29 is 4.74 Å². The summed E-state index contributed by atoms with van der Waals surface area (Å²) in [7, 11) is 7.42. The van der Waals surface area contributed by atoms with Gasteiger partial charge in [0.1, 0.15) is 11.6 Å². The van der Waals surface area contributed by atoms with Crippen LogP contribution in [-0.2, 0) is 7.05 Å². The fourth-order valence-corrected chi connectivity index (χ4v) is 7.11. The molecule has 3 aromatic heterocycles. The monoisotopic (exact) mass is 674 g/mol. The van der Waals surface area contributed by atoms with E-state index in [-0.39, 0.29) is 0 Å². The largest absolute Gasteiger partial charge is 0.494 e. The third-order valence-corrected chi connectivity index (χ3v) is 9.80. The van der Waals surface area contributed by atoms with Gasteiger partial charge in [-0.15, -0.1) is 0 Å². The maximum absolute atomic E-state index is 5.91. The normalized spacial score (nSPS) is 15.0. The van der Waals surface area contributed by atoms with Crippen LogP contribution in [0.25, 0.3) is 22.2 Å². The number of likely N-dealkylation sites (N-methyl/N-ethyl adjacent to an activating group) is 1. The molecule has 11 nitrogen and oxygen atoms in total. The molecule has 1 aliphatic heterocycles. The van der Waals surface area contributed by atoms with Gasteiger partial charge in [0, 0.05) is 84.8 Å². The summed E-state index contributed by atoms with van der Waals surface area (Å²) in [5.74, 6) is 1.78. The second kappa shape index (κ2) is 12.6. The SMILES string of the molecule is COc1cc(N2CCC(N(C)C)C2)c(-c2cnn(C)c2)cc1Nc1ncc(Br)c(Nc2ccc3nccnc3c2P(C)C)n1. The van der Waals surface area contributed by atoms with E-state index in [1.807, 2.05) is 36.3 Å². The van der Waals surface area contributed by atoms with Crippen molar-refractivity contribution >= 4 is 69.0 Å². The molecule has 0 saturated carbocycles. The highest BCUT2D eigenvalue weighted by Gasteiger charge is 2.27. The van der Waals surface area contributed by atoms with E-state index in [1.54, 1.807) is 25.7 Å². The van der Waals surface area contributed by atoms with Gasteiger partial charge in [-0.1, -0.05) is 7.92 Å². The third-order valence-electron chi connectivity index (χ3n) is 7.87. The Balaban J connectivity index is 1.36. The number of fused-ring (bicyclic) bond motifs is 1. The highest BCUT2D eigenvalue weighted by molar-refractivity contribution is 9.10. The van der Waals surface area contributed by atoms with Crippen molar-refractivity contribution in [3.63, 3.8) is 0 Å². The number of benzene rings is 2. The average molecular weight is 676 g/mol. The van der Waals surface area contributed by atoms with Crippen molar-refractivity contribution in [2.75, 3.05) is 63.2 Å². The van der Waals surface area contributed by atoms with Crippen LogP contribution < -0.4 is 25.6 Å². The zero-order valence-corrected chi connectivity index (χ0v) is 28.2. The number of aromatic nitrogens is 6. The molecule has 1 saturated heterocycles. The van der Waals surface area contributed by atoms with Gasteiger partial charge in [-0.25, -0.2) is 4.98 Å². The van der Waals surface area contributed by atoms with Crippen LogP contribution in [0.3, 0.4) is 0 Å². The molecule has 0 spiro atoms. The van der Waals surface area contributed by atoms with E-state index in [1.165, 1.54) is 0 Å². The minimum Gasteiger partial charge on any atom is -0.494 e. The van der Waals surface area contributed by atoms with Crippen molar-refractivity contribution in [3.05, 3.63) is 59.7 Å². The number of methoxy groups -OCH3 is 1. The van der Waals surface area contributed by atoms with Crippen LogP contribution in [0.15, 0.2) is 59.7 Å². The zero-order chi connectivity index (χ0) is 31.0. The minimum atomic E-state index is -0.483. The lowest BCUT2D eigenvalue weighted by atomic mass is 10.0. The lowest BCUT2D eigenvalue weighted by Gasteiger charge is -2.25. The Labute approximate surface area is 267 Å². The molecule has 0 bridgehead atoms. The number of ether oxygens (including phenoxy) is 1. The van der Waals surface area contributed by atoms with E-state index in [9.17, 15) is 0 Å². The van der Waals surface area contributed by atoms with E-state index in [4.69, 9.17) is 9.72 Å². The molecule has 1 unspecified atom stereocenters. The zero-order valence-electron chi connectivity index (χ0n) is 25.7. The fourth-order valence-electron chi connectivity index (χ4n) is 5.61. The smallest absolute Gasteiger partial charge is 0.229 e. The molecule has 6 rings (SSSR count). The first-order valence-corrected chi connectivity index (χ1v) is 17.3. The molecule has 13 heteroatoms. The number of hydrogen-bond donors (Lipinski definition) is 2. The summed E-state index contributed by atoms with van der Waals surface area (Å²) >= 11 is 3.64. The fraction of sp³-hybridized carbons (Fsp3) is 0.323. The number of nitrogens with one attached hydrogen (secondary N) is 2. The lowest BCUT2D eigenvalue weighted by Crippen LogP contribution is -2.31. The molecule has 0 amide bonds. The minimum absolute atomic E-state index is 0.435. The number of anilines is 5. The molecule has 1 atom stereocenters. The molecule has 1 fully saturated rings. The van der Waals surface area contributed by atoms with Crippen molar-refractivity contribution in [3.8, 4) is 16.9 Å². The molecular formula is C31H36BrN10OP. The number of aryl methyl sites for hydroxylation is 1. The summed E-state index contributed by atoms with van der Waals surface area (Å²) < 4.78 is 8.48. The van der Waals surface area contributed by atoms with Crippen LogP contribution in [0.5, 0.6) is 5.75 Å². The molecule has 228 valence electrons. The first-order valence-electron chi connectivity index (χ1n) is 14.3. The Bertz CT molecular complexity index is 1810. The van der Waals surface area contributed by atoms with Crippen molar-refractivity contribution in [2.24, 2.45) is 7.05 Å². The van der Waals surface area contributed by atoms with E-state index in [2.05, 4.69) is 96.0 Å². The molecule has 0 radical (unpaired) electrons. The molecular weight excluding hydrogens is 639 g/mol. The Morgan fingerprint density at radius 1 is 1.05 bits per heavy atom. The predicted octanol–water partition coefficient (Wildman–Crippen LogP) is 5.59. The van der Waals surface area contributed by atoms with E-state index in [0.29, 0.717) is 23.6 Å². The molecule has 1 aliphatic rings. The Hall–Kier alpha value is -3.86. The topological polar surface area (TPSA) is 109 Å². The van der Waals surface area contributed by atoms with Crippen LogP contribution >= 0.6 is 23.9 Å². The quantitative estimate of drug-likeness (QED) is 0.192. The second-order valence-electron chi connectivity index (χ2n) is 11.2. The van der Waals surface area contributed by atoms with Gasteiger partial charge in [0.05, 0.1) is 34.5 Å². The van der Waals surface area contributed by atoms with Gasteiger partial charge in [-0.3, -0.25) is 14.6 Å². The summed E-state index contributed by atoms with van der Waals surface area (Å²) in [6.45, 7) is 6.34. The maximum atomic E-state index is 5.91. The summed E-state index contributed by atoms with van der Waals surface area (Å²) in [4.78, 5) is 23.3. The van der Waals surface area contributed by atoms with Crippen LogP contribution in [0.2, 0.25) is 0 Å². The molecule has 5 aromatic rings. The third kappa shape index (κ3) is 6.06. The van der Waals surface area contributed by atoms with Crippen LogP contribution in [-0.4, -0.2) is 88.3 Å². The molecule has 4 heterocycles. The average Bonchev–Trinajstić information content (AvgIpc) is 3.68. The van der Waals surface area contributed by atoms with Gasteiger partial charge in [0.2, 0.25) is 5.95 Å². The lowest BCUT2D eigenvalue weighted by molar-refractivity contribution is 0.315.